The van der Waals surface area contributed by atoms with Crippen molar-refractivity contribution in [3.63, 3.8) is 0 Å². The maximum atomic E-state index is 4.16. The van der Waals surface area contributed by atoms with E-state index >= 15 is 0 Å². The summed E-state index contributed by atoms with van der Waals surface area (Å²) in [4.78, 5) is 8.96. The number of nitrogens with zero attached hydrogens (tertiary/aromatic N) is 3. The molecule has 0 N–H and O–H groups in total. The van der Waals surface area contributed by atoms with Gasteiger partial charge in [-0.1, -0.05) is 19.9 Å². The van der Waals surface area contributed by atoms with E-state index in [1.807, 2.05) is 12.4 Å². The lowest BCUT2D eigenvalue weighted by Gasteiger charge is -2.27. The second kappa shape index (κ2) is 10.5. The molecule has 0 fully saturated rings. The van der Waals surface area contributed by atoms with Gasteiger partial charge in [0.15, 0.2) is 0 Å². The van der Waals surface area contributed by atoms with E-state index in [1.54, 1.807) is 0 Å². The van der Waals surface area contributed by atoms with Crippen molar-refractivity contribution in [2.75, 3.05) is 33.2 Å². The Balaban J connectivity index is 3.75. The van der Waals surface area contributed by atoms with Crippen LogP contribution in [0.3, 0.4) is 0 Å². The third-order valence-corrected chi connectivity index (χ3v) is 2.80. The van der Waals surface area contributed by atoms with Crippen molar-refractivity contribution in [2.24, 2.45) is 4.99 Å². The summed E-state index contributed by atoms with van der Waals surface area (Å²) in [7, 11) is 2.15. The van der Waals surface area contributed by atoms with Gasteiger partial charge in [0.25, 0.3) is 0 Å². The number of rotatable bonds is 9. The van der Waals surface area contributed by atoms with Crippen LogP contribution in [0.4, 0.5) is 0 Å². The fourth-order valence-electron chi connectivity index (χ4n) is 1.63. The molecule has 3 nitrogen and oxygen atoms in total. The van der Waals surface area contributed by atoms with Crippen LogP contribution in [0.15, 0.2) is 17.3 Å². The minimum absolute atomic E-state index is 0.637. The summed E-state index contributed by atoms with van der Waals surface area (Å²) in [5.41, 5.74) is 0. The van der Waals surface area contributed by atoms with Gasteiger partial charge in [0.1, 0.15) is 0 Å². The van der Waals surface area contributed by atoms with Gasteiger partial charge in [0.2, 0.25) is 0 Å². The smallest absolute Gasteiger partial charge is 0.0236 e. The molecule has 0 rings (SSSR count). The highest BCUT2D eigenvalue weighted by Gasteiger charge is 2.06. The van der Waals surface area contributed by atoms with E-state index in [1.165, 1.54) is 0 Å². The van der Waals surface area contributed by atoms with Gasteiger partial charge in [-0.05, 0) is 33.9 Å². The van der Waals surface area contributed by atoms with Crippen molar-refractivity contribution in [3.05, 3.63) is 12.3 Å². The molecular weight excluding hydrogens is 210 g/mol. The van der Waals surface area contributed by atoms with E-state index in [-0.39, 0.29) is 0 Å². The molecule has 0 aromatic carbocycles. The van der Waals surface area contributed by atoms with Gasteiger partial charge >= 0.3 is 0 Å². The fraction of sp³-hybridized carbons (Fsp3) is 0.786. The molecule has 0 radical (unpaired) electrons. The Morgan fingerprint density at radius 1 is 1.18 bits per heavy atom. The van der Waals surface area contributed by atoms with E-state index < -0.39 is 0 Å². The molecule has 0 aliphatic heterocycles. The van der Waals surface area contributed by atoms with E-state index in [4.69, 9.17) is 0 Å². The van der Waals surface area contributed by atoms with Crippen LogP contribution in [-0.2, 0) is 0 Å². The quantitative estimate of drug-likeness (QED) is 0.576. The first-order chi connectivity index (χ1) is 8.11. The molecule has 0 saturated carbocycles. The lowest BCUT2D eigenvalue weighted by molar-refractivity contribution is 0.203. The zero-order chi connectivity index (χ0) is 13.1. The second-order valence-electron chi connectivity index (χ2n) is 4.61. The van der Waals surface area contributed by atoms with Crippen LogP contribution in [0.5, 0.6) is 0 Å². The summed E-state index contributed by atoms with van der Waals surface area (Å²) in [5.74, 6) is 0. The van der Waals surface area contributed by atoms with Gasteiger partial charge < -0.3 is 4.90 Å². The minimum Gasteiger partial charge on any atom is -0.301 e. The number of likely N-dealkylation sites (N-methyl/N-ethyl adjacent to an activating group) is 2. The molecule has 0 spiro atoms. The van der Waals surface area contributed by atoms with Crippen LogP contribution in [0.1, 0.15) is 34.1 Å². The molecular formula is C14H29N3. The Morgan fingerprint density at radius 3 is 2.41 bits per heavy atom. The van der Waals surface area contributed by atoms with Crippen molar-refractivity contribution in [1.29, 1.82) is 0 Å². The lowest BCUT2D eigenvalue weighted by Crippen LogP contribution is -2.37. The Hall–Kier alpha value is -0.670. The van der Waals surface area contributed by atoms with Crippen LogP contribution in [0, 0.1) is 0 Å². The molecule has 0 heterocycles. The van der Waals surface area contributed by atoms with Gasteiger partial charge in [-0.15, -0.1) is 0 Å². The molecule has 0 aromatic heterocycles. The first-order valence-corrected chi connectivity index (χ1v) is 6.71. The molecule has 0 aromatic rings. The van der Waals surface area contributed by atoms with E-state index in [0.717, 1.165) is 32.6 Å². The summed E-state index contributed by atoms with van der Waals surface area (Å²) >= 11 is 0. The molecule has 0 aliphatic rings. The zero-order valence-electron chi connectivity index (χ0n) is 12.2. The fourth-order valence-corrected chi connectivity index (χ4v) is 1.63. The molecule has 0 aliphatic carbocycles. The number of hydrogen-bond donors (Lipinski definition) is 0. The maximum Gasteiger partial charge on any atom is 0.0236 e. The molecule has 17 heavy (non-hydrogen) atoms. The van der Waals surface area contributed by atoms with Crippen LogP contribution in [0.25, 0.3) is 0 Å². The standard InChI is InChI=1S/C14H29N3/c1-6-9-15-10-8-11-16(5)12-13-17(7-2)14(3)4/h8-10,14H,6-7,11-13H2,1-5H3/b10-8-,15-9-. The van der Waals surface area contributed by atoms with Crippen LogP contribution >= 0.6 is 0 Å². The second-order valence-corrected chi connectivity index (χ2v) is 4.61. The van der Waals surface area contributed by atoms with Gasteiger partial charge in [0.05, 0.1) is 0 Å². The highest BCUT2D eigenvalue weighted by atomic mass is 15.2. The van der Waals surface area contributed by atoms with Gasteiger partial charge in [-0.2, -0.15) is 0 Å². The van der Waals surface area contributed by atoms with Crippen LogP contribution < -0.4 is 0 Å². The molecule has 3 heteroatoms. The minimum atomic E-state index is 0.637. The Kier molecular flexibility index (Phi) is 10.1. The highest BCUT2D eigenvalue weighted by molar-refractivity contribution is 5.57. The molecule has 0 saturated heterocycles. The SMILES string of the molecule is CC/C=N\C=C/CN(C)CCN(CC)C(C)C. The average molecular weight is 239 g/mol. The molecule has 0 unspecified atom stereocenters. The summed E-state index contributed by atoms with van der Waals surface area (Å²) in [6, 6.07) is 0.637. The topological polar surface area (TPSA) is 18.8 Å². The van der Waals surface area contributed by atoms with Crippen molar-refractivity contribution in [1.82, 2.24) is 9.80 Å². The average Bonchev–Trinajstić information content (AvgIpc) is 2.29. The normalized spacial score (nSPS) is 12.9. The summed E-state index contributed by atoms with van der Waals surface area (Å²) in [6.45, 7) is 13.2. The Morgan fingerprint density at radius 2 is 1.88 bits per heavy atom. The van der Waals surface area contributed by atoms with E-state index in [9.17, 15) is 0 Å². The maximum absolute atomic E-state index is 4.16. The van der Waals surface area contributed by atoms with E-state index in [2.05, 4.69) is 55.6 Å². The van der Waals surface area contributed by atoms with E-state index in [0.29, 0.717) is 6.04 Å². The molecule has 100 valence electrons. The first kappa shape index (κ1) is 16.3. The van der Waals surface area contributed by atoms with Crippen molar-refractivity contribution in [3.8, 4) is 0 Å². The summed E-state index contributed by atoms with van der Waals surface area (Å²) in [5, 5.41) is 0. The Bertz CT molecular complexity index is 222. The molecule has 0 atom stereocenters. The van der Waals surface area contributed by atoms with Crippen LogP contribution in [-0.4, -0.2) is 55.3 Å². The van der Waals surface area contributed by atoms with Crippen LogP contribution in [0.2, 0.25) is 0 Å². The molecule has 0 bridgehead atoms. The molecule has 0 amide bonds. The largest absolute Gasteiger partial charge is 0.301 e. The van der Waals surface area contributed by atoms with Crippen molar-refractivity contribution in [2.45, 2.75) is 40.2 Å². The summed E-state index contributed by atoms with van der Waals surface area (Å²) < 4.78 is 0. The highest BCUT2D eigenvalue weighted by Crippen LogP contribution is 1.97. The third kappa shape index (κ3) is 9.07. The third-order valence-electron chi connectivity index (χ3n) is 2.80. The Labute approximate surface area is 107 Å². The monoisotopic (exact) mass is 239 g/mol. The predicted molar refractivity (Wildman–Crippen MR) is 77.8 cm³/mol. The lowest BCUT2D eigenvalue weighted by atomic mass is 10.3. The van der Waals surface area contributed by atoms with Gasteiger partial charge in [-0.25, -0.2) is 0 Å². The first-order valence-electron chi connectivity index (χ1n) is 6.71. The number of hydrogen-bond acceptors (Lipinski definition) is 3. The van der Waals surface area contributed by atoms with Crippen molar-refractivity contribution >= 4 is 6.21 Å². The van der Waals surface area contributed by atoms with Crippen molar-refractivity contribution < 1.29 is 0 Å². The number of aliphatic imine (C=N–C) groups is 1. The van der Waals surface area contributed by atoms with Gasteiger partial charge in [-0.3, -0.25) is 9.89 Å². The zero-order valence-corrected chi connectivity index (χ0v) is 12.2. The van der Waals surface area contributed by atoms with Gasteiger partial charge in [0, 0.05) is 38.1 Å². The predicted octanol–water partition coefficient (Wildman–Crippen LogP) is 2.64. The summed E-state index contributed by atoms with van der Waals surface area (Å²) in [6.07, 6.45) is 6.92.